The number of rotatable bonds is 2. The Kier molecular flexibility index (Phi) is 3.49. The monoisotopic (exact) mass is 378 g/mol. The fourth-order valence-electron chi connectivity index (χ4n) is 4.56. The van der Waals surface area contributed by atoms with Gasteiger partial charge in [0.05, 0.1) is 17.9 Å². The number of carbonyl (C=O) groups excluding carboxylic acids is 3. The molecule has 6 heteroatoms. The summed E-state index contributed by atoms with van der Waals surface area (Å²) >= 11 is 5.93. The average molecular weight is 379 g/mol. The molecule has 0 aromatic heterocycles. The molecule has 27 heavy (non-hydrogen) atoms. The van der Waals surface area contributed by atoms with Gasteiger partial charge in [0.25, 0.3) is 0 Å². The second kappa shape index (κ2) is 5.79. The van der Waals surface area contributed by atoms with E-state index in [9.17, 15) is 14.4 Å². The SMILES string of the molecule is O=C1NC(=O)[C@@H]2C3c4ccccc4C=CN3[C@H](C(=O)c3ccc(Cl)cc3)[C@H]12. The van der Waals surface area contributed by atoms with E-state index in [1.54, 1.807) is 24.3 Å². The first-order valence-electron chi connectivity index (χ1n) is 8.75. The van der Waals surface area contributed by atoms with E-state index in [2.05, 4.69) is 5.32 Å². The van der Waals surface area contributed by atoms with E-state index in [0.29, 0.717) is 10.6 Å². The maximum atomic E-state index is 13.3. The van der Waals surface area contributed by atoms with Crippen molar-refractivity contribution < 1.29 is 14.4 Å². The van der Waals surface area contributed by atoms with Crippen LogP contribution in [-0.2, 0) is 9.59 Å². The van der Waals surface area contributed by atoms with Gasteiger partial charge >= 0.3 is 0 Å². The minimum atomic E-state index is -0.725. The topological polar surface area (TPSA) is 66.5 Å². The van der Waals surface area contributed by atoms with Gasteiger partial charge in [-0.1, -0.05) is 35.9 Å². The Hall–Kier alpha value is -2.92. The van der Waals surface area contributed by atoms with Gasteiger partial charge in [0.1, 0.15) is 6.04 Å². The van der Waals surface area contributed by atoms with Crippen molar-refractivity contribution in [3.05, 3.63) is 76.4 Å². The third kappa shape index (κ3) is 2.28. The van der Waals surface area contributed by atoms with Crippen LogP contribution in [0.25, 0.3) is 6.08 Å². The number of benzene rings is 2. The molecule has 0 saturated carbocycles. The summed E-state index contributed by atoms with van der Waals surface area (Å²) in [6, 6.07) is 13.3. The molecule has 1 unspecified atom stereocenters. The van der Waals surface area contributed by atoms with Gasteiger partial charge in [-0.05, 0) is 41.5 Å². The summed E-state index contributed by atoms with van der Waals surface area (Å²) in [6.07, 6.45) is 3.77. The first-order valence-corrected chi connectivity index (χ1v) is 9.13. The van der Waals surface area contributed by atoms with E-state index < -0.39 is 17.9 Å². The number of hydrogen-bond donors (Lipinski definition) is 1. The van der Waals surface area contributed by atoms with Crippen molar-refractivity contribution in [1.82, 2.24) is 10.2 Å². The molecule has 2 aromatic rings. The number of halogens is 1. The molecule has 1 N–H and O–H groups in total. The van der Waals surface area contributed by atoms with Gasteiger partial charge in [-0.25, -0.2) is 0 Å². The van der Waals surface area contributed by atoms with Gasteiger partial charge in [0.2, 0.25) is 11.8 Å². The number of ketones is 1. The average Bonchev–Trinajstić information content (AvgIpc) is 3.17. The van der Waals surface area contributed by atoms with Gasteiger partial charge in [-0.15, -0.1) is 0 Å². The molecular formula is C21H15ClN2O3. The van der Waals surface area contributed by atoms with Gasteiger partial charge in [-0.2, -0.15) is 0 Å². The van der Waals surface area contributed by atoms with E-state index in [-0.39, 0.29) is 23.6 Å². The molecule has 5 nitrogen and oxygen atoms in total. The number of imide groups is 1. The molecule has 3 aliphatic heterocycles. The third-order valence-corrected chi connectivity index (χ3v) is 5.95. The summed E-state index contributed by atoms with van der Waals surface area (Å²) in [5.74, 6) is -2.15. The van der Waals surface area contributed by atoms with E-state index in [0.717, 1.165) is 11.1 Å². The van der Waals surface area contributed by atoms with Crippen LogP contribution in [0, 0.1) is 11.8 Å². The van der Waals surface area contributed by atoms with Crippen LogP contribution >= 0.6 is 11.6 Å². The molecule has 4 atom stereocenters. The van der Waals surface area contributed by atoms with Gasteiger partial charge in [0, 0.05) is 16.8 Å². The zero-order valence-electron chi connectivity index (χ0n) is 14.1. The Balaban J connectivity index is 1.64. The number of amides is 2. The second-order valence-electron chi connectivity index (χ2n) is 7.06. The Morgan fingerprint density at radius 2 is 1.67 bits per heavy atom. The fourth-order valence-corrected chi connectivity index (χ4v) is 4.69. The second-order valence-corrected chi connectivity index (χ2v) is 7.49. The maximum absolute atomic E-state index is 13.3. The van der Waals surface area contributed by atoms with Crippen LogP contribution < -0.4 is 5.32 Å². The molecule has 3 heterocycles. The standard InChI is InChI=1S/C21H15ClN2O3/c22-13-7-5-12(6-8-13)19(25)18-16-15(20(26)23-21(16)27)17-14-4-2-1-3-11(14)9-10-24(17)18/h1-10,15-18H,(H,23,26,27)/t15-,16+,17?,18-/m0/s1. The molecule has 2 aromatic carbocycles. The smallest absolute Gasteiger partial charge is 0.233 e. The molecule has 0 spiro atoms. The van der Waals surface area contributed by atoms with Crippen molar-refractivity contribution in [3.63, 3.8) is 0 Å². The molecule has 0 bridgehead atoms. The lowest BCUT2D eigenvalue weighted by Gasteiger charge is -2.34. The van der Waals surface area contributed by atoms with E-state index in [1.807, 2.05) is 41.4 Å². The molecule has 5 rings (SSSR count). The quantitative estimate of drug-likeness (QED) is 0.644. The number of fused-ring (bicyclic) bond motifs is 5. The fraction of sp³-hybridized carbons (Fsp3) is 0.190. The molecule has 2 saturated heterocycles. The van der Waals surface area contributed by atoms with Gasteiger partial charge in [0.15, 0.2) is 5.78 Å². The third-order valence-electron chi connectivity index (χ3n) is 5.70. The predicted molar refractivity (Wildman–Crippen MR) is 99.8 cm³/mol. The van der Waals surface area contributed by atoms with Crippen molar-refractivity contribution in [3.8, 4) is 0 Å². The summed E-state index contributed by atoms with van der Waals surface area (Å²) in [5.41, 5.74) is 2.44. The molecule has 2 fully saturated rings. The number of Topliss-reactive ketones (excluding diaryl/α,β-unsaturated/α-hetero) is 1. The number of nitrogens with one attached hydrogen (secondary N) is 1. The lowest BCUT2D eigenvalue weighted by molar-refractivity contribution is -0.127. The molecule has 0 aliphatic carbocycles. The number of carbonyl (C=O) groups is 3. The Morgan fingerprint density at radius 3 is 2.44 bits per heavy atom. The first kappa shape index (κ1) is 16.3. The molecule has 0 radical (unpaired) electrons. The number of nitrogens with zero attached hydrogens (tertiary/aromatic N) is 1. The minimum absolute atomic E-state index is 0.182. The highest BCUT2D eigenvalue weighted by Crippen LogP contribution is 2.51. The van der Waals surface area contributed by atoms with Crippen molar-refractivity contribution in [2.24, 2.45) is 11.8 Å². The van der Waals surface area contributed by atoms with Crippen molar-refractivity contribution in [2.75, 3.05) is 0 Å². The van der Waals surface area contributed by atoms with E-state index >= 15 is 0 Å². The van der Waals surface area contributed by atoms with Crippen molar-refractivity contribution >= 4 is 35.3 Å². The van der Waals surface area contributed by atoms with Gasteiger partial charge < -0.3 is 4.90 Å². The minimum Gasteiger partial charge on any atom is -0.358 e. The normalized spacial score (nSPS) is 27.8. The first-order chi connectivity index (χ1) is 13.1. The van der Waals surface area contributed by atoms with Crippen LogP contribution in [0.2, 0.25) is 5.02 Å². The lowest BCUT2D eigenvalue weighted by Crippen LogP contribution is -2.42. The Morgan fingerprint density at radius 1 is 0.963 bits per heavy atom. The maximum Gasteiger partial charge on any atom is 0.233 e. The van der Waals surface area contributed by atoms with Crippen molar-refractivity contribution in [2.45, 2.75) is 12.1 Å². The summed E-state index contributed by atoms with van der Waals surface area (Å²) in [5, 5.41) is 2.96. The summed E-state index contributed by atoms with van der Waals surface area (Å²) in [6.45, 7) is 0. The van der Waals surface area contributed by atoms with E-state index in [1.165, 1.54) is 0 Å². The number of hydrogen-bond acceptors (Lipinski definition) is 4. The summed E-state index contributed by atoms with van der Waals surface area (Å²) in [7, 11) is 0. The zero-order valence-corrected chi connectivity index (χ0v) is 14.9. The highest BCUT2D eigenvalue weighted by Gasteiger charge is 2.61. The lowest BCUT2D eigenvalue weighted by atomic mass is 9.83. The molecule has 134 valence electrons. The summed E-state index contributed by atoms with van der Waals surface area (Å²) in [4.78, 5) is 40.3. The predicted octanol–water partition coefficient (Wildman–Crippen LogP) is 2.82. The Bertz CT molecular complexity index is 1010. The van der Waals surface area contributed by atoms with Crippen LogP contribution in [0.5, 0.6) is 0 Å². The zero-order chi connectivity index (χ0) is 18.7. The molecule has 2 amide bonds. The summed E-state index contributed by atoms with van der Waals surface area (Å²) < 4.78 is 0. The van der Waals surface area contributed by atoms with E-state index in [4.69, 9.17) is 11.6 Å². The van der Waals surface area contributed by atoms with Crippen LogP contribution in [0.3, 0.4) is 0 Å². The van der Waals surface area contributed by atoms with Crippen molar-refractivity contribution in [1.29, 1.82) is 0 Å². The van der Waals surface area contributed by atoms with Crippen LogP contribution in [0.4, 0.5) is 0 Å². The van der Waals surface area contributed by atoms with Gasteiger partial charge in [-0.3, -0.25) is 19.7 Å². The highest BCUT2D eigenvalue weighted by molar-refractivity contribution is 6.30. The van der Waals surface area contributed by atoms with Crippen LogP contribution in [-0.4, -0.2) is 28.5 Å². The Labute approximate surface area is 160 Å². The van der Waals surface area contributed by atoms with Crippen LogP contribution in [0.1, 0.15) is 27.5 Å². The largest absolute Gasteiger partial charge is 0.358 e. The van der Waals surface area contributed by atoms with Crippen LogP contribution in [0.15, 0.2) is 54.7 Å². The molecular weight excluding hydrogens is 364 g/mol. The highest BCUT2D eigenvalue weighted by atomic mass is 35.5. The molecule has 3 aliphatic rings.